The molecular formula is C25H28N4. The number of aryl methyl sites for hydroxylation is 1. The Labute approximate surface area is 172 Å². The third-order valence-corrected chi connectivity index (χ3v) is 6.14. The van der Waals surface area contributed by atoms with Gasteiger partial charge in [-0.25, -0.2) is 0 Å². The minimum Gasteiger partial charge on any atom is -0.341 e. The maximum Gasteiger partial charge on any atom is 0.0543 e. The summed E-state index contributed by atoms with van der Waals surface area (Å²) in [6.45, 7) is 9.65. The van der Waals surface area contributed by atoms with Crippen molar-refractivity contribution in [2.45, 2.75) is 26.6 Å². The molecule has 4 nitrogen and oxygen atoms in total. The summed E-state index contributed by atoms with van der Waals surface area (Å²) in [5.41, 5.74) is 5.26. The van der Waals surface area contributed by atoms with E-state index in [2.05, 4.69) is 80.9 Å². The van der Waals surface area contributed by atoms with Crippen molar-refractivity contribution in [1.82, 2.24) is 19.4 Å². The summed E-state index contributed by atoms with van der Waals surface area (Å²) in [5.74, 6) is 0. The summed E-state index contributed by atoms with van der Waals surface area (Å²) in [5, 5.41) is 2.75. The Morgan fingerprint density at radius 1 is 0.759 bits per heavy atom. The minimum atomic E-state index is 0.956. The van der Waals surface area contributed by atoms with Crippen LogP contribution in [0.25, 0.3) is 21.8 Å². The van der Waals surface area contributed by atoms with Crippen molar-refractivity contribution in [1.29, 1.82) is 0 Å². The molecule has 0 radical (unpaired) electrons. The predicted molar refractivity (Wildman–Crippen MR) is 120 cm³/mol. The quantitative estimate of drug-likeness (QED) is 0.505. The lowest BCUT2D eigenvalue weighted by molar-refractivity contribution is 0.121. The Morgan fingerprint density at radius 3 is 2.24 bits per heavy atom. The first-order valence-electron chi connectivity index (χ1n) is 10.7. The van der Waals surface area contributed by atoms with Crippen LogP contribution in [0.3, 0.4) is 0 Å². The van der Waals surface area contributed by atoms with Gasteiger partial charge in [0.1, 0.15) is 0 Å². The van der Waals surface area contributed by atoms with Crippen molar-refractivity contribution < 1.29 is 0 Å². The van der Waals surface area contributed by atoms with Gasteiger partial charge in [0.25, 0.3) is 0 Å². The van der Waals surface area contributed by atoms with Gasteiger partial charge in [0, 0.05) is 73.8 Å². The van der Waals surface area contributed by atoms with Crippen molar-refractivity contribution in [3.05, 3.63) is 78.1 Å². The van der Waals surface area contributed by atoms with Gasteiger partial charge in [-0.05, 0) is 42.8 Å². The Balaban J connectivity index is 1.29. The summed E-state index contributed by atoms with van der Waals surface area (Å²) >= 11 is 0. The molecule has 0 aliphatic carbocycles. The van der Waals surface area contributed by atoms with Crippen LogP contribution in [-0.4, -0.2) is 45.5 Å². The van der Waals surface area contributed by atoms with Crippen LogP contribution in [0.2, 0.25) is 0 Å². The maximum atomic E-state index is 4.47. The molecule has 0 amide bonds. The molecule has 1 saturated heterocycles. The van der Waals surface area contributed by atoms with Crippen molar-refractivity contribution >= 4 is 21.8 Å². The lowest BCUT2D eigenvalue weighted by atomic mass is 10.1. The zero-order chi connectivity index (χ0) is 19.6. The highest BCUT2D eigenvalue weighted by molar-refractivity contribution is 6.08. The fourth-order valence-electron chi connectivity index (χ4n) is 4.62. The molecule has 4 aromatic rings. The molecule has 0 spiro atoms. The smallest absolute Gasteiger partial charge is 0.0543 e. The number of pyridine rings is 1. The van der Waals surface area contributed by atoms with Crippen molar-refractivity contribution in [2.75, 3.05) is 26.2 Å². The fraction of sp³-hybridized carbons (Fsp3) is 0.320. The largest absolute Gasteiger partial charge is 0.341 e. The van der Waals surface area contributed by atoms with E-state index in [4.69, 9.17) is 0 Å². The molecule has 1 fully saturated rings. The van der Waals surface area contributed by atoms with Gasteiger partial charge in [0.15, 0.2) is 0 Å². The molecule has 5 rings (SSSR count). The second kappa shape index (κ2) is 7.97. The number of hydrogen-bond donors (Lipinski definition) is 0. The van der Waals surface area contributed by atoms with Crippen LogP contribution in [-0.2, 0) is 19.6 Å². The van der Waals surface area contributed by atoms with Crippen LogP contribution >= 0.6 is 0 Å². The molecule has 2 aromatic heterocycles. The van der Waals surface area contributed by atoms with E-state index in [9.17, 15) is 0 Å². The second-order valence-corrected chi connectivity index (χ2v) is 7.99. The van der Waals surface area contributed by atoms with Gasteiger partial charge >= 0.3 is 0 Å². The summed E-state index contributed by atoms with van der Waals surface area (Å²) < 4.78 is 2.42. The summed E-state index contributed by atoms with van der Waals surface area (Å²) in [6.07, 6.45) is 1.89. The van der Waals surface area contributed by atoms with Crippen molar-refractivity contribution in [2.24, 2.45) is 0 Å². The monoisotopic (exact) mass is 384 g/mol. The maximum absolute atomic E-state index is 4.47. The third-order valence-electron chi connectivity index (χ3n) is 6.14. The van der Waals surface area contributed by atoms with Gasteiger partial charge in [-0.1, -0.05) is 30.3 Å². The zero-order valence-electron chi connectivity index (χ0n) is 17.1. The van der Waals surface area contributed by atoms with E-state index in [0.29, 0.717) is 0 Å². The number of benzene rings is 2. The first-order chi connectivity index (χ1) is 14.3. The highest BCUT2D eigenvalue weighted by atomic mass is 15.3. The lowest BCUT2D eigenvalue weighted by Crippen LogP contribution is -2.45. The summed E-state index contributed by atoms with van der Waals surface area (Å²) in [4.78, 5) is 9.55. The Bertz CT molecular complexity index is 1110. The molecule has 1 aliphatic rings. The standard InChI is InChI=1S/C25H28N4/c1-2-29-24-9-4-3-8-22(24)23-17-20(10-11-25(23)29)18-27-13-15-28(16-14-27)19-21-7-5-6-12-26-21/h3-12,17H,2,13-16,18-19H2,1H3. The number of nitrogens with zero attached hydrogens (tertiary/aromatic N) is 4. The molecule has 0 bridgehead atoms. The van der Waals surface area contributed by atoms with Crippen LogP contribution in [0.15, 0.2) is 66.9 Å². The van der Waals surface area contributed by atoms with E-state index >= 15 is 0 Å². The first-order valence-corrected chi connectivity index (χ1v) is 10.7. The molecule has 0 atom stereocenters. The molecule has 148 valence electrons. The van der Waals surface area contributed by atoms with Gasteiger partial charge in [-0.3, -0.25) is 14.8 Å². The zero-order valence-corrected chi connectivity index (χ0v) is 17.1. The van der Waals surface area contributed by atoms with Crippen molar-refractivity contribution in [3.63, 3.8) is 0 Å². The second-order valence-electron chi connectivity index (χ2n) is 7.99. The predicted octanol–water partition coefficient (Wildman–Crippen LogP) is 4.53. The number of hydrogen-bond acceptors (Lipinski definition) is 3. The van der Waals surface area contributed by atoms with E-state index in [0.717, 1.165) is 45.8 Å². The summed E-state index contributed by atoms with van der Waals surface area (Å²) in [7, 11) is 0. The molecule has 0 unspecified atom stereocenters. The normalized spacial score (nSPS) is 16.0. The molecule has 3 heterocycles. The fourth-order valence-corrected chi connectivity index (χ4v) is 4.62. The van der Waals surface area contributed by atoms with E-state index in [-0.39, 0.29) is 0 Å². The van der Waals surface area contributed by atoms with Crippen LogP contribution in [0.5, 0.6) is 0 Å². The van der Waals surface area contributed by atoms with E-state index < -0.39 is 0 Å². The van der Waals surface area contributed by atoms with Gasteiger partial charge in [0.05, 0.1) is 5.69 Å². The molecule has 4 heteroatoms. The van der Waals surface area contributed by atoms with Crippen LogP contribution in [0.4, 0.5) is 0 Å². The van der Waals surface area contributed by atoms with Gasteiger partial charge in [0.2, 0.25) is 0 Å². The number of para-hydroxylation sites is 1. The molecule has 2 aromatic carbocycles. The number of rotatable bonds is 5. The van der Waals surface area contributed by atoms with E-state index in [1.165, 1.54) is 33.1 Å². The SMILES string of the molecule is CCn1c2ccccc2c2cc(CN3CCN(Cc4ccccn4)CC3)ccc21. The Morgan fingerprint density at radius 2 is 1.48 bits per heavy atom. The molecular weight excluding hydrogens is 356 g/mol. The molecule has 0 N–H and O–H groups in total. The highest BCUT2D eigenvalue weighted by Gasteiger charge is 2.18. The van der Waals surface area contributed by atoms with Crippen LogP contribution in [0, 0.1) is 0 Å². The molecule has 0 saturated carbocycles. The average Bonchev–Trinajstić information content (AvgIpc) is 3.09. The first kappa shape index (κ1) is 18.3. The number of fused-ring (bicyclic) bond motifs is 3. The number of aromatic nitrogens is 2. The number of piperazine rings is 1. The average molecular weight is 385 g/mol. The van der Waals surface area contributed by atoms with Crippen LogP contribution < -0.4 is 0 Å². The van der Waals surface area contributed by atoms with Gasteiger partial charge in [-0.2, -0.15) is 0 Å². The summed E-state index contributed by atoms with van der Waals surface area (Å²) in [6, 6.07) is 22.0. The lowest BCUT2D eigenvalue weighted by Gasteiger charge is -2.34. The highest BCUT2D eigenvalue weighted by Crippen LogP contribution is 2.30. The molecule has 29 heavy (non-hydrogen) atoms. The van der Waals surface area contributed by atoms with Crippen molar-refractivity contribution in [3.8, 4) is 0 Å². The van der Waals surface area contributed by atoms with Gasteiger partial charge in [-0.15, -0.1) is 0 Å². The Hall–Kier alpha value is -2.69. The van der Waals surface area contributed by atoms with E-state index in [1.807, 2.05) is 12.3 Å². The van der Waals surface area contributed by atoms with E-state index in [1.54, 1.807) is 0 Å². The topological polar surface area (TPSA) is 24.3 Å². The van der Waals surface area contributed by atoms with Gasteiger partial charge < -0.3 is 4.57 Å². The third kappa shape index (κ3) is 3.66. The Kier molecular flexibility index (Phi) is 5.04. The minimum absolute atomic E-state index is 0.956. The molecule has 1 aliphatic heterocycles. The van der Waals surface area contributed by atoms with Crippen LogP contribution in [0.1, 0.15) is 18.2 Å².